The highest BCUT2D eigenvalue weighted by molar-refractivity contribution is 7.86. The maximum atomic E-state index is 11.1. The van der Waals surface area contributed by atoms with Crippen LogP contribution < -0.4 is 0 Å². The zero-order valence-corrected chi connectivity index (χ0v) is 9.43. The lowest BCUT2D eigenvalue weighted by atomic mass is 10.5. The van der Waals surface area contributed by atoms with Gasteiger partial charge in [0.1, 0.15) is 0 Å². The molecular weight excluding hydrogens is 192 g/mol. The minimum atomic E-state index is -3.40. The molecule has 0 saturated heterocycles. The van der Waals surface area contributed by atoms with Crippen LogP contribution in [0.4, 0.5) is 0 Å². The Morgan fingerprint density at radius 2 is 1.62 bits per heavy atom. The van der Waals surface area contributed by atoms with Gasteiger partial charge in [0.25, 0.3) is 10.1 Å². The predicted molar refractivity (Wildman–Crippen MR) is 51.1 cm³/mol. The maximum Gasteiger partial charge on any atom is 0.269 e. The van der Waals surface area contributed by atoms with Gasteiger partial charge in [0.2, 0.25) is 0 Å². The molecule has 0 aliphatic carbocycles. The van der Waals surface area contributed by atoms with Gasteiger partial charge in [-0.3, -0.25) is 4.18 Å². The van der Waals surface area contributed by atoms with E-state index in [1.165, 1.54) is 0 Å². The Kier molecular flexibility index (Phi) is 5.51. The van der Waals surface area contributed by atoms with E-state index in [1.54, 1.807) is 13.8 Å². The molecule has 0 aromatic carbocycles. The maximum absolute atomic E-state index is 11.1. The van der Waals surface area contributed by atoms with Gasteiger partial charge in [-0.1, -0.05) is 0 Å². The lowest BCUT2D eigenvalue weighted by Crippen LogP contribution is -2.20. The Morgan fingerprint density at radius 3 is 2.00 bits per heavy atom. The zero-order chi connectivity index (χ0) is 10.5. The van der Waals surface area contributed by atoms with Crippen LogP contribution >= 0.6 is 0 Å². The highest BCUT2D eigenvalue weighted by Gasteiger charge is 2.13. The Hall–Kier alpha value is -0.130. The summed E-state index contributed by atoms with van der Waals surface area (Å²) in [6.45, 7) is 7.26. The van der Waals surface area contributed by atoms with Crippen molar-refractivity contribution in [3.63, 3.8) is 0 Å². The summed E-state index contributed by atoms with van der Waals surface area (Å²) >= 11 is 0. The summed E-state index contributed by atoms with van der Waals surface area (Å²) in [5, 5.41) is 0. The Bertz CT molecular complexity index is 218. The van der Waals surface area contributed by atoms with Gasteiger partial charge in [0, 0.05) is 0 Å². The molecule has 5 heteroatoms. The average Bonchev–Trinajstić information content (AvgIpc) is 1.81. The summed E-state index contributed by atoms with van der Waals surface area (Å²) < 4.78 is 32.1. The summed E-state index contributed by atoms with van der Waals surface area (Å²) in [6.07, 6.45) is -0.252. The second-order valence-electron chi connectivity index (χ2n) is 3.33. The van der Waals surface area contributed by atoms with Crippen molar-refractivity contribution in [3.05, 3.63) is 0 Å². The highest BCUT2D eigenvalue weighted by Crippen LogP contribution is 2.00. The van der Waals surface area contributed by atoms with Crippen molar-refractivity contribution in [1.82, 2.24) is 0 Å². The molecule has 0 amide bonds. The van der Waals surface area contributed by atoms with Crippen molar-refractivity contribution in [2.45, 2.75) is 39.9 Å². The molecule has 0 aliphatic rings. The third-order valence-electron chi connectivity index (χ3n) is 1.12. The molecule has 0 bridgehead atoms. The zero-order valence-electron chi connectivity index (χ0n) is 8.61. The fourth-order valence-corrected chi connectivity index (χ4v) is 1.71. The molecule has 13 heavy (non-hydrogen) atoms. The summed E-state index contributed by atoms with van der Waals surface area (Å²) in [5.74, 6) is -0.0800. The van der Waals surface area contributed by atoms with E-state index in [0.29, 0.717) is 0 Å². The lowest BCUT2D eigenvalue weighted by molar-refractivity contribution is 0.0895. The summed E-state index contributed by atoms with van der Waals surface area (Å²) in [7, 11) is -3.40. The van der Waals surface area contributed by atoms with Gasteiger partial charge in [0.05, 0.1) is 24.6 Å². The van der Waals surface area contributed by atoms with Gasteiger partial charge >= 0.3 is 0 Å². The molecule has 0 rings (SSSR count). The molecule has 0 atom stereocenters. The standard InChI is InChI=1S/C8H18O4S/c1-7(2)11-5-6-13(9,10)12-8(3)4/h7-8H,5-6H2,1-4H3. The van der Waals surface area contributed by atoms with Gasteiger partial charge in [-0.2, -0.15) is 8.42 Å². The SMILES string of the molecule is CC(C)OCCS(=O)(=O)OC(C)C. The van der Waals surface area contributed by atoms with Crippen LogP contribution in [-0.2, 0) is 19.0 Å². The molecule has 0 saturated carbocycles. The molecule has 0 radical (unpaired) electrons. The first kappa shape index (κ1) is 12.9. The normalized spacial score (nSPS) is 12.8. The lowest BCUT2D eigenvalue weighted by Gasteiger charge is -2.09. The van der Waals surface area contributed by atoms with Gasteiger partial charge in [0.15, 0.2) is 0 Å². The molecule has 80 valence electrons. The molecule has 0 aromatic heterocycles. The molecular formula is C8H18O4S. The van der Waals surface area contributed by atoms with Crippen LogP contribution in [0.15, 0.2) is 0 Å². The van der Waals surface area contributed by atoms with Crippen LogP contribution in [0.3, 0.4) is 0 Å². The summed E-state index contributed by atoms with van der Waals surface area (Å²) in [5.41, 5.74) is 0. The van der Waals surface area contributed by atoms with E-state index in [9.17, 15) is 8.42 Å². The van der Waals surface area contributed by atoms with Gasteiger partial charge in [-0.15, -0.1) is 0 Å². The minimum Gasteiger partial charge on any atom is -0.378 e. The van der Waals surface area contributed by atoms with E-state index >= 15 is 0 Å². The number of hydrogen-bond donors (Lipinski definition) is 0. The van der Waals surface area contributed by atoms with E-state index < -0.39 is 10.1 Å². The fraction of sp³-hybridized carbons (Fsp3) is 1.00. The van der Waals surface area contributed by atoms with E-state index in [4.69, 9.17) is 8.92 Å². The summed E-state index contributed by atoms with van der Waals surface area (Å²) in [4.78, 5) is 0. The molecule has 0 unspecified atom stereocenters. The van der Waals surface area contributed by atoms with Crippen molar-refractivity contribution >= 4 is 10.1 Å². The van der Waals surface area contributed by atoms with Crippen LogP contribution in [0.5, 0.6) is 0 Å². The van der Waals surface area contributed by atoms with Crippen molar-refractivity contribution in [3.8, 4) is 0 Å². The molecule has 0 spiro atoms. The van der Waals surface area contributed by atoms with Crippen molar-refractivity contribution < 1.29 is 17.3 Å². The van der Waals surface area contributed by atoms with Crippen LogP contribution in [0.25, 0.3) is 0 Å². The second kappa shape index (κ2) is 5.57. The quantitative estimate of drug-likeness (QED) is 0.617. The van der Waals surface area contributed by atoms with E-state index in [2.05, 4.69) is 0 Å². The second-order valence-corrected chi connectivity index (χ2v) is 5.04. The van der Waals surface area contributed by atoms with E-state index in [-0.39, 0.29) is 24.6 Å². The van der Waals surface area contributed by atoms with Crippen molar-refractivity contribution in [2.75, 3.05) is 12.4 Å². The van der Waals surface area contributed by atoms with Crippen LogP contribution in [0.2, 0.25) is 0 Å². The Balaban J connectivity index is 3.77. The fourth-order valence-electron chi connectivity index (χ4n) is 0.727. The first-order chi connectivity index (χ1) is 5.83. The molecule has 0 heterocycles. The topological polar surface area (TPSA) is 52.6 Å². The van der Waals surface area contributed by atoms with E-state index in [1.807, 2.05) is 13.8 Å². The highest BCUT2D eigenvalue weighted by atomic mass is 32.2. The Labute approximate surface area is 80.4 Å². The molecule has 0 N–H and O–H groups in total. The van der Waals surface area contributed by atoms with E-state index in [0.717, 1.165) is 0 Å². The molecule has 0 fully saturated rings. The molecule has 0 aliphatic heterocycles. The molecule has 0 aromatic rings. The largest absolute Gasteiger partial charge is 0.378 e. The van der Waals surface area contributed by atoms with Crippen LogP contribution in [-0.4, -0.2) is 33.0 Å². The summed E-state index contributed by atoms with van der Waals surface area (Å²) in [6, 6.07) is 0. The van der Waals surface area contributed by atoms with Gasteiger partial charge in [-0.05, 0) is 27.7 Å². The minimum absolute atomic E-state index is 0.0502. The van der Waals surface area contributed by atoms with Crippen molar-refractivity contribution in [1.29, 1.82) is 0 Å². The Morgan fingerprint density at radius 1 is 1.08 bits per heavy atom. The van der Waals surface area contributed by atoms with Crippen LogP contribution in [0, 0.1) is 0 Å². The monoisotopic (exact) mass is 210 g/mol. The third kappa shape index (κ3) is 8.21. The predicted octanol–water partition coefficient (Wildman–Crippen LogP) is 1.17. The molecule has 4 nitrogen and oxygen atoms in total. The van der Waals surface area contributed by atoms with Gasteiger partial charge in [-0.25, -0.2) is 0 Å². The first-order valence-corrected chi connectivity index (χ1v) is 5.94. The van der Waals surface area contributed by atoms with Gasteiger partial charge < -0.3 is 4.74 Å². The third-order valence-corrected chi connectivity index (χ3v) is 2.47. The number of rotatable bonds is 6. The average molecular weight is 210 g/mol. The first-order valence-electron chi connectivity index (χ1n) is 4.36. The van der Waals surface area contributed by atoms with Crippen molar-refractivity contribution in [2.24, 2.45) is 0 Å². The number of ether oxygens (including phenoxy) is 1. The smallest absolute Gasteiger partial charge is 0.269 e. The number of hydrogen-bond acceptors (Lipinski definition) is 4. The van der Waals surface area contributed by atoms with Crippen LogP contribution in [0.1, 0.15) is 27.7 Å².